The van der Waals surface area contributed by atoms with Gasteiger partial charge in [0.1, 0.15) is 12.0 Å². The molecule has 2 heteroatoms. The largest absolute Gasteiger partial charge is 0.507 e. The molecule has 0 fully saturated rings. The summed E-state index contributed by atoms with van der Waals surface area (Å²) in [6, 6.07) is 14.2. The molecule has 2 aromatic rings. The molecular weight excluding hydrogens is 188 g/mol. The molecule has 74 valence electrons. The van der Waals surface area contributed by atoms with Crippen molar-refractivity contribution in [1.29, 1.82) is 0 Å². The van der Waals surface area contributed by atoms with Crippen LogP contribution >= 0.6 is 0 Å². The van der Waals surface area contributed by atoms with Gasteiger partial charge in [0.25, 0.3) is 0 Å². The Kier molecular flexibility index (Phi) is 2.50. The number of benzene rings is 2. The third-order valence-electron chi connectivity index (χ3n) is 2.26. The molecule has 0 aliphatic heterocycles. The highest BCUT2D eigenvalue weighted by atomic mass is 16.3. The molecule has 0 amide bonds. The number of hydrogen-bond donors (Lipinski definition) is 1. The van der Waals surface area contributed by atoms with E-state index in [0.717, 1.165) is 17.4 Å². The van der Waals surface area contributed by atoms with Crippen LogP contribution < -0.4 is 0 Å². The highest BCUT2D eigenvalue weighted by Gasteiger charge is 2.02. The molecule has 2 rings (SSSR count). The SMILES string of the molecule is O=Cc1ccc(-c2ccccc2O)cc1. The third-order valence-corrected chi connectivity index (χ3v) is 2.26. The molecule has 0 aliphatic rings. The van der Waals surface area contributed by atoms with Crippen LogP contribution in [-0.2, 0) is 0 Å². The molecule has 15 heavy (non-hydrogen) atoms. The Labute approximate surface area is 87.8 Å². The van der Waals surface area contributed by atoms with E-state index < -0.39 is 0 Å². The van der Waals surface area contributed by atoms with Crippen LogP contribution in [0.4, 0.5) is 0 Å². The Balaban J connectivity index is 2.46. The Morgan fingerprint density at radius 1 is 0.933 bits per heavy atom. The van der Waals surface area contributed by atoms with Crippen molar-refractivity contribution in [3.8, 4) is 16.9 Å². The first-order valence-corrected chi connectivity index (χ1v) is 4.65. The molecular formula is C13H10O2. The van der Waals surface area contributed by atoms with Gasteiger partial charge >= 0.3 is 0 Å². The lowest BCUT2D eigenvalue weighted by Crippen LogP contribution is -1.81. The van der Waals surface area contributed by atoms with E-state index in [-0.39, 0.29) is 5.75 Å². The minimum atomic E-state index is 0.247. The molecule has 0 atom stereocenters. The minimum absolute atomic E-state index is 0.247. The molecule has 0 heterocycles. The van der Waals surface area contributed by atoms with Crippen molar-refractivity contribution < 1.29 is 9.90 Å². The Morgan fingerprint density at radius 3 is 2.20 bits per heavy atom. The number of para-hydroxylation sites is 1. The van der Waals surface area contributed by atoms with E-state index in [4.69, 9.17) is 0 Å². The van der Waals surface area contributed by atoms with Gasteiger partial charge in [-0.3, -0.25) is 4.79 Å². The molecule has 0 bridgehead atoms. The molecule has 0 saturated carbocycles. The summed E-state index contributed by atoms with van der Waals surface area (Å²) < 4.78 is 0. The fourth-order valence-electron chi connectivity index (χ4n) is 1.46. The predicted molar refractivity (Wildman–Crippen MR) is 58.9 cm³/mol. The smallest absolute Gasteiger partial charge is 0.150 e. The number of aromatic hydroxyl groups is 1. The van der Waals surface area contributed by atoms with Crippen molar-refractivity contribution in [1.82, 2.24) is 0 Å². The maximum Gasteiger partial charge on any atom is 0.150 e. The zero-order chi connectivity index (χ0) is 10.7. The van der Waals surface area contributed by atoms with Gasteiger partial charge in [-0.1, -0.05) is 42.5 Å². The number of aldehydes is 1. The summed E-state index contributed by atoms with van der Waals surface area (Å²) in [5.74, 6) is 0.247. The minimum Gasteiger partial charge on any atom is -0.507 e. The van der Waals surface area contributed by atoms with Crippen molar-refractivity contribution in [2.24, 2.45) is 0 Å². The van der Waals surface area contributed by atoms with Gasteiger partial charge in [0.15, 0.2) is 0 Å². The first-order chi connectivity index (χ1) is 7.31. The van der Waals surface area contributed by atoms with Crippen LogP contribution in [-0.4, -0.2) is 11.4 Å². The van der Waals surface area contributed by atoms with Gasteiger partial charge in [0, 0.05) is 11.1 Å². The molecule has 0 saturated heterocycles. The van der Waals surface area contributed by atoms with Crippen molar-refractivity contribution in [3.05, 3.63) is 54.1 Å². The average Bonchev–Trinajstić information content (AvgIpc) is 2.30. The molecule has 0 aliphatic carbocycles. The molecule has 0 aromatic heterocycles. The lowest BCUT2D eigenvalue weighted by atomic mass is 10.0. The van der Waals surface area contributed by atoms with Crippen LogP contribution in [0.5, 0.6) is 5.75 Å². The Bertz CT molecular complexity index is 472. The van der Waals surface area contributed by atoms with Gasteiger partial charge in [-0.25, -0.2) is 0 Å². The number of phenolic OH excluding ortho intramolecular Hbond substituents is 1. The van der Waals surface area contributed by atoms with E-state index >= 15 is 0 Å². The molecule has 0 spiro atoms. The van der Waals surface area contributed by atoms with Crippen molar-refractivity contribution in [2.45, 2.75) is 0 Å². The van der Waals surface area contributed by atoms with Crippen LogP contribution in [0, 0.1) is 0 Å². The standard InChI is InChI=1S/C13H10O2/c14-9-10-5-7-11(8-6-10)12-3-1-2-4-13(12)15/h1-9,15H. The van der Waals surface area contributed by atoms with Gasteiger partial charge in [-0.05, 0) is 11.6 Å². The average molecular weight is 198 g/mol. The summed E-state index contributed by atoms with van der Waals surface area (Å²) in [6.07, 6.45) is 0.800. The summed E-state index contributed by atoms with van der Waals surface area (Å²) in [5.41, 5.74) is 2.31. The molecule has 2 aromatic carbocycles. The number of hydrogen-bond acceptors (Lipinski definition) is 2. The first kappa shape index (κ1) is 9.46. The fraction of sp³-hybridized carbons (Fsp3) is 0. The van der Waals surface area contributed by atoms with Gasteiger partial charge < -0.3 is 5.11 Å². The number of carbonyl (C=O) groups excluding carboxylic acids is 1. The Morgan fingerprint density at radius 2 is 1.60 bits per heavy atom. The summed E-state index contributed by atoms with van der Waals surface area (Å²) in [5, 5.41) is 9.62. The van der Waals surface area contributed by atoms with Gasteiger partial charge in [-0.15, -0.1) is 0 Å². The summed E-state index contributed by atoms with van der Waals surface area (Å²) in [6.45, 7) is 0. The highest BCUT2D eigenvalue weighted by Crippen LogP contribution is 2.28. The summed E-state index contributed by atoms with van der Waals surface area (Å²) in [4.78, 5) is 10.5. The second kappa shape index (κ2) is 3.96. The quantitative estimate of drug-likeness (QED) is 0.753. The van der Waals surface area contributed by atoms with E-state index in [9.17, 15) is 9.90 Å². The van der Waals surface area contributed by atoms with E-state index in [0.29, 0.717) is 5.56 Å². The summed E-state index contributed by atoms with van der Waals surface area (Å²) >= 11 is 0. The predicted octanol–water partition coefficient (Wildman–Crippen LogP) is 2.87. The van der Waals surface area contributed by atoms with E-state index in [1.54, 1.807) is 24.3 Å². The van der Waals surface area contributed by atoms with Crippen molar-refractivity contribution in [2.75, 3.05) is 0 Å². The van der Waals surface area contributed by atoms with Gasteiger partial charge in [0.2, 0.25) is 0 Å². The monoisotopic (exact) mass is 198 g/mol. The maximum atomic E-state index is 10.5. The molecule has 0 radical (unpaired) electrons. The second-order valence-corrected chi connectivity index (χ2v) is 3.26. The van der Waals surface area contributed by atoms with Gasteiger partial charge in [-0.2, -0.15) is 0 Å². The van der Waals surface area contributed by atoms with Gasteiger partial charge in [0.05, 0.1) is 0 Å². The third kappa shape index (κ3) is 1.89. The highest BCUT2D eigenvalue weighted by molar-refractivity contribution is 5.78. The van der Waals surface area contributed by atoms with E-state index in [2.05, 4.69) is 0 Å². The van der Waals surface area contributed by atoms with Crippen LogP contribution in [0.25, 0.3) is 11.1 Å². The number of rotatable bonds is 2. The van der Waals surface area contributed by atoms with Crippen molar-refractivity contribution >= 4 is 6.29 Å². The Hall–Kier alpha value is -2.09. The lowest BCUT2D eigenvalue weighted by Gasteiger charge is -2.03. The number of phenols is 1. The van der Waals surface area contributed by atoms with E-state index in [1.807, 2.05) is 24.3 Å². The van der Waals surface area contributed by atoms with Crippen LogP contribution in [0.15, 0.2) is 48.5 Å². The zero-order valence-corrected chi connectivity index (χ0v) is 8.05. The fourth-order valence-corrected chi connectivity index (χ4v) is 1.46. The number of carbonyl (C=O) groups is 1. The van der Waals surface area contributed by atoms with Crippen LogP contribution in [0.1, 0.15) is 10.4 Å². The molecule has 0 unspecified atom stereocenters. The van der Waals surface area contributed by atoms with Crippen LogP contribution in [0.2, 0.25) is 0 Å². The molecule has 1 N–H and O–H groups in total. The zero-order valence-electron chi connectivity index (χ0n) is 8.05. The van der Waals surface area contributed by atoms with Crippen molar-refractivity contribution in [3.63, 3.8) is 0 Å². The normalized spacial score (nSPS) is 9.87. The van der Waals surface area contributed by atoms with Crippen LogP contribution in [0.3, 0.4) is 0 Å². The maximum absolute atomic E-state index is 10.5. The lowest BCUT2D eigenvalue weighted by molar-refractivity contribution is 0.112. The first-order valence-electron chi connectivity index (χ1n) is 4.65. The molecule has 2 nitrogen and oxygen atoms in total. The summed E-state index contributed by atoms with van der Waals surface area (Å²) in [7, 11) is 0. The topological polar surface area (TPSA) is 37.3 Å². The van der Waals surface area contributed by atoms with E-state index in [1.165, 1.54) is 0 Å². The second-order valence-electron chi connectivity index (χ2n) is 3.26.